The molecule has 0 saturated heterocycles. The van der Waals surface area contributed by atoms with Crippen LogP contribution in [-0.4, -0.2) is 39.4 Å². The van der Waals surface area contributed by atoms with Crippen LogP contribution in [0, 0.1) is 17.3 Å². The smallest absolute Gasteiger partial charge is 0.156 e. The van der Waals surface area contributed by atoms with Gasteiger partial charge in [-0.1, -0.05) is 48.8 Å². The van der Waals surface area contributed by atoms with Crippen molar-refractivity contribution in [1.29, 1.82) is 0 Å². The fourth-order valence-electron chi connectivity index (χ4n) is 7.44. The highest BCUT2D eigenvalue weighted by molar-refractivity contribution is 7.99. The molecule has 1 aromatic carbocycles. The van der Waals surface area contributed by atoms with Gasteiger partial charge >= 0.3 is 0 Å². The fourth-order valence-corrected chi connectivity index (χ4v) is 8.46. The van der Waals surface area contributed by atoms with Gasteiger partial charge in [0.2, 0.25) is 0 Å². The number of carbonyl (C=O) groups is 1. The molecule has 2 saturated carbocycles. The molecule has 0 heterocycles. The molecule has 4 aliphatic carbocycles. The maximum absolute atomic E-state index is 12.2. The number of allylic oxidation sites excluding steroid dienone is 4. The second-order valence-corrected chi connectivity index (χ2v) is 11.9. The summed E-state index contributed by atoms with van der Waals surface area (Å²) >= 11 is 1.86. The van der Waals surface area contributed by atoms with Crippen LogP contribution in [-0.2, 0) is 4.79 Å². The predicted molar refractivity (Wildman–Crippen MR) is 134 cm³/mol. The summed E-state index contributed by atoms with van der Waals surface area (Å²) in [6.07, 6.45) is 9.85. The summed E-state index contributed by atoms with van der Waals surface area (Å²) in [6.45, 7) is 4.53. The summed E-state index contributed by atoms with van der Waals surface area (Å²) in [4.78, 5) is 12.2. The van der Waals surface area contributed by atoms with Crippen LogP contribution in [0.15, 0.2) is 52.2 Å². The van der Waals surface area contributed by atoms with Gasteiger partial charge in [-0.25, -0.2) is 0 Å². The number of nitrogens with zero attached hydrogens (tertiary/aromatic N) is 1. The molecule has 2 fully saturated rings. The number of ketones is 1. The van der Waals surface area contributed by atoms with Gasteiger partial charge in [0.05, 0.1) is 11.8 Å². The molecule has 0 bridgehead atoms. The zero-order valence-corrected chi connectivity index (χ0v) is 20.5. The van der Waals surface area contributed by atoms with E-state index in [0.717, 1.165) is 55.6 Å². The topological polar surface area (TPSA) is 69.9 Å². The van der Waals surface area contributed by atoms with Gasteiger partial charge in [-0.3, -0.25) is 4.79 Å². The van der Waals surface area contributed by atoms with Crippen molar-refractivity contribution in [2.45, 2.75) is 70.3 Å². The predicted octanol–water partition coefficient (Wildman–Crippen LogP) is 5.88. The van der Waals surface area contributed by atoms with E-state index in [0.29, 0.717) is 18.3 Å². The fraction of sp³-hybridized carbons (Fsp3) is 0.571. The molecule has 4 nitrogen and oxygen atoms in total. The molecule has 2 N–H and O–H groups in total. The summed E-state index contributed by atoms with van der Waals surface area (Å²) in [5, 5.41) is 24.0. The second-order valence-electron chi connectivity index (χ2n) is 10.6. The third-order valence-corrected chi connectivity index (χ3v) is 10.2. The van der Waals surface area contributed by atoms with Crippen LogP contribution in [0.4, 0.5) is 0 Å². The van der Waals surface area contributed by atoms with E-state index < -0.39 is 5.60 Å². The minimum absolute atomic E-state index is 0.120. The van der Waals surface area contributed by atoms with E-state index in [1.54, 1.807) is 5.57 Å². The molecular formula is C28H35NO3S. The molecule has 5 atom stereocenters. The lowest BCUT2D eigenvalue weighted by Crippen LogP contribution is -2.53. The van der Waals surface area contributed by atoms with E-state index in [1.807, 2.05) is 30.0 Å². The van der Waals surface area contributed by atoms with Crippen LogP contribution in [0.5, 0.6) is 0 Å². The van der Waals surface area contributed by atoms with Gasteiger partial charge in [0, 0.05) is 23.5 Å². The number of benzene rings is 1. The number of fused-ring (bicyclic) bond motifs is 4. The van der Waals surface area contributed by atoms with Crippen molar-refractivity contribution in [3.8, 4) is 0 Å². The molecule has 0 unspecified atom stereocenters. The zero-order valence-electron chi connectivity index (χ0n) is 19.7. The Kier molecular flexibility index (Phi) is 6.07. The van der Waals surface area contributed by atoms with Crippen LogP contribution in [0.1, 0.15) is 75.8 Å². The number of hydrogen-bond donors (Lipinski definition) is 2. The first kappa shape index (κ1) is 22.9. The first-order valence-corrected chi connectivity index (χ1v) is 13.6. The average Bonchev–Trinajstić information content (AvgIpc) is 3.08. The van der Waals surface area contributed by atoms with E-state index >= 15 is 0 Å². The van der Waals surface area contributed by atoms with Gasteiger partial charge in [-0.15, -0.1) is 0 Å². The van der Waals surface area contributed by atoms with E-state index in [-0.39, 0.29) is 17.1 Å². The minimum Gasteiger partial charge on any atom is -0.411 e. The van der Waals surface area contributed by atoms with Crippen LogP contribution in [0.3, 0.4) is 0 Å². The lowest BCUT2D eigenvalue weighted by atomic mass is 9.51. The van der Waals surface area contributed by atoms with Gasteiger partial charge in [-0.2, -0.15) is 11.8 Å². The zero-order chi connectivity index (χ0) is 23.2. The molecule has 5 rings (SSSR count). The van der Waals surface area contributed by atoms with E-state index in [1.165, 1.54) is 22.9 Å². The Morgan fingerprint density at radius 3 is 2.70 bits per heavy atom. The lowest BCUT2D eigenvalue weighted by Gasteiger charge is -2.55. The second kappa shape index (κ2) is 8.74. The lowest BCUT2D eigenvalue weighted by molar-refractivity contribution is -0.114. The maximum Gasteiger partial charge on any atom is 0.156 e. The Bertz CT molecular complexity index is 1030. The Labute approximate surface area is 201 Å². The number of oxime groups is 1. The van der Waals surface area contributed by atoms with Crippen molar-refractivity contribution in [3.05, 3.63) is 58.2 Å². The van der Waals surface area contributed by atoms with Crippen molar-refractivity contribution < 1.29 is 15.1 Å². The SMILES string of the molecule is CCSC[C@]1(O)CC[C@H]2[C@@H]3CCC4=CC(=O)CCC4=C3[C@@H](c3ccc(/C=N/O)cc3)C[C@@]21C. The Hall–Kier alpha value is -1.85. The quantitative estimate of drug-likeness (QED) is 0.324. The molecule has 0 amide bonds. The third-order valence-electron chi connectivity index (χ3n) is 9.15. The highest BCUT2D eigenvalue weighted by Crippen LogP contribution is 2.67. The molecule has 5 heteroatoms. The maximum atomic E-state index is 12.2. The number of carbonyl (C=O) groups excluding carboxylic acids is 1. The first-order valence-electron chi connectivity index (χ1n) is 12.4. The van der Waals surface area contributed by atoms with E-state index in [4.69, 9.17) is 5.21 Å². The molecule has 33 heavy (non-hydrogen) atoms. The summed E-state index contributed by atoms with van der Waals surface area (Å²) < 4.78 is 0. The Morgan fingerprint density at radius 1 is 1.18 bits per heavy atom. The summed E-state index contributed by atoms with van der Waals surface area (Å²) in [6, 6.07) is 8.36. The molecule has 176 valence electrons. The van der Waals surface area contributed by atoms with Crippen molar-refractivity contribution in [3.63, 3.8) is 0 Å². The first-order chi connectivity index (χ1) is 15.9. The number of thioether (sulfide) groups is 1. The molecule has 0 radical (unpaired) electrons. The average molecular weight is 466 g/mol. The van der Waals surface area contributed by atoms with Crippen LogP contribution in [0.2, 0.25) is 0 Å². The number of hydrogen-bond acceptors (Lipinski definition) is 5. The van der Waals surface area contributed by atoms with Gasteiger partial charge in [-0.05, 0) is 84.5 Å². The van der Waals surface area contributed by atoms with Crippen LogP contribution >= 0.6 is 11.8 Å². The number of aliphatic hydroxyl groups is 1. The van der Waals surface area contributed by atoms with Gasteiger partial charge in [0.15, 0.2) is 5.78 Å². The highest BCUT2D eigenvalue weighted by Gasteiger charge is 2.62. The van der Waals surface area contributed by atoms with Crippen molar-refractivity contribution in [2.24, 2.45) is 22.4 Å². The Balaban J connectivity index is 1.62. The van der Waals surface area contributed by atoms with Crippen molar-refractivity contribution in [1.82, 2.24) is 0 Å². The Morgan fingerprint density at radius 2 is 1.97 bits per heavy atom. The summed E-state index contributed by atoms with van der Waals surface area (Å²) in [5.74, 6) is 3.34. The minimum atomic E-state index is -0.630. The standard InChI is InChI=1S/C28H35NO3S/c1-3-33-17-28(31)13-12-25-23-10-8-20-14-21(30)9-11-22(20)26(23)24(15-27(25,28)2)19-6-4-18(5-7-19)16-29-32/h4-7,14,16,23-25,31-32H,3,8-13,15,17H2,1-2H3/b29-16+/t23-,24+,25-,27-,28+/m0/s1. The molecule has 4 aliphatic rings. The van der Waals surface area contributed by atoms with Crippen molar-refractivity contribution >= 4 is 23.8 Å². The monoisotopic (exact) mass is 465 g/mol. The number of rotatable bonds is 5. The van der Waals surface area contributed by atoms with Crippen LogP contribution < -0.4 is 0 Å². The third kappa shape index (κ3) is 3.72. The molecule has 0 aromatic heterocycles. The molecule has 1 aromatic rings. The van der Waals surface area contributed by atoms with Gasteiger partial charge < -0.3 is 10.3 Å². The van der Waals surface area contributed by atoms with Crippen LogP contribution in [0.25, 0.3) is 0 Å². The normalized spacial score (nSPS) is 35.9. The molecule has 0 aliphatic heterocycles. The highest BCUT2D eigenvalue weighted by atomic mass is 32.2. The molecular weight excluding hydrogens is 430 g/mol. The summed E-state index contributed by atoms with van der Waals surface area (Å²) in [7, 11) is 0. The largest absolute Gasteiger partial charge is 0.411 e. The summed E-state index contributed by atoms with van der Waals surface area (Å²) in [5.41, 5.74) is 5.66. The van der Waals surface area contributed by atoms with Gasteiger partial charge in [0.1, 0.15) is 0 Å². The van der Waals surface area contributed by atoms with E-state index in [9.17, 15) is 9.90 Å². The van der Waals surface area contributed by atoms with Crippen molar-refractivity contribution in [2.75, 3.05) is 11.5 Å². The van der Waals surface area contributed by atoms with Gasteiger partial charge in [0.25, 0.3) is 0 Å². The van der Waals surface area contributed by atoms with E-state index in [2.05, 4.69) is 31.1 Å². The molecule has 0 spiro atoms.